The molecule has 0 radical (unpaired) electrons. The lowest BCUT2D eigenvalue weighted by Gasteiger charge is -2.23. The van der Waals surface area contributed by atoms with Gasteiger partial charge in [0.1, 0.15) is 5.82 Å². The average Bonchev–Trinajstić information content (AvgIpc) is 3.24. The Morgan fingerprint density at radius 2 is 2.04 bits per heavy atom. The molecule has 0 aliphatic carbocycles. The molecule has 6 heteroatoms. The van der Waals surface area contributed by atoms with Gasteiger partial charge in [0, 0.05) is 6.20 Å². The molecule has 2 amide bonds. The third-order valence-corrected chi connectivity index (χ3v) is 4.88. The number of carbonyl (C=O) groups is 1. The lowest BCUT2D eigenvalue weighted by molar-refractivity contribution is 0.0980. The van der Waals surface area contributed by atoms with Crippen LogP contribution in [0, 0.1) is 5.82 Å². The van der Waals surface area contributed by atoms with Crippen molar-refractivity contribution in [3.8, 4) is 0 Å². The van der Waals surface area contributed by atoms with Gasteiger partial charge in [0.05, 0.1) is 30.0 Å². The monoisotopic (exact) mass is 341 g/mol. The van der Waals surface area contributed by atoms with Crippen molar-refractivity contribution in [3.63, 3.8) is 0 Å². The minimum absolute atomic E-state index is 0.0522. The van der Waals surface area contributed by atoms with E-state index in [-0.39, 0.29) is 30.1 Å². The highest BCUT2D eigenvalue weighted by Gasteiger charge is 2.41. The van der Waals surface area contributed by atoms with E-state index in [0.29, 0.717) is 5.69 Å². The van der Waals surface area contributed by atoms with Gasteiger partial charge in [-0.3, -0.25) is 4.98 Å². The first kappa shape index (κ1) is 16.0. The summed E-state index contributed by atoms with van der Waals surface area (Å²) in [5.74, 6) is -0.313. The maximum Gasteiger partial charge on any atom is 0.315 e. The number of ether oxygens (including phenoxy) is 1. The topological polar surface area (TPSA) is 63.2 Å². The van der Waals surface area contributed by atoms with Crippen LogP contribution in [0.5, 0.6) is 0 Å². The van der Waals surface area contributed by atoms with E-state index < -0.39 is 6.04 Å². The SMILES string of the molecule is O=C(N[C@@H](c1ccc(F)cc1)c1ccccn1)N[C@@H]1C[C@H]2CC[C@H]1O2. The van der Waals surface area contributed by atoms with Crippen LogP contribution in [0.25, 0.3) is 0 Å². The summed E-state index contributed by atoms with van der Waals surface area (Å²) in [4.78, 5) is 16.9. The number of nitrogens with one attached hydrogen (secondary N) is 2. The van der Waals surface area contributed by atoms with Crippen LogP contribution in [0.1, 0.15) is 36.6 Å². The first-order valence-corrected chi connectivity index (χ1v) is 8.58. The normalized spacial score (nSPS) is 25.6. The van der Waals surface area contributed by atoms with Gasteiger partial charge in [-0.15, -0.1) is 0 Å². The predicted octanol–water partition coefficient (Wildman–Crippen LogP) is 2.93. The van der Waals surface area contributed by atoms with Crippen LogP contribution in [-0.2, 0) is 4.74 Å². The van der Waals surface area contributed by atoms with Crippen LogP contribution in [0.3, 0.4) is 0 Å². The van der Waals surface area contributed by atoms with Crippen molar-refractivity contribution in [2.75, 3.05) is 0 Å². The van der Waals surface area contributed by atoms with Crippen molar-refractivity contribution in [2.45, 2.75) is 43.6 Å². The van der Waals surface area contributed by atoms with Gasteiger partial charge in [-0.2, -0.15) is 0 Å². The Balaban J connectivity index is 1.50. The van der Waals surface area contributed by atoms with Crippen LogP contribution in [0.2, 0.25) is 0 Å². The van der Waals surface area contributed by atoms with Gasteiger partial charge in [0.15, 0.2) is 0 Å². The number of halogens is 1. The molecule has 4 atom stereocenters. The van der Waals surface area contributed by atoms with Gasteiger partial charge in [-0.1, -0.05) is 18.2 Å². The number of benzene rings is 1. The summed E-state index contributed by atoms with van der Waals surface area (Å²) < 4.78 is 19.0. The molecular formula is C19H20FN3O2. The van der Waals surface area contributed by atoms with Gasteiger partial charge in [0.2, 0.25) is 0 Å². The molecule has 2 aliphatic heterocycles. The van der Waals surface area contributed by atoms with Crippen LogP contribution in [-0.4, -0.2) is 29.3 Å². The number of pyridine rings is 1. The Bertz CT molecular complexity index is 738. The van der Waals surface area contributed by atoms with Crippen molar-refractivity contribution in [3.05, 3.63) is 65.7 Å². The number of hydrogen-bond donors (Lipinski definition) is 2. The third kappa shape index (κ3) is 3.49. The Hall–Kier alpha value is -2.47. The highest BCUT2D eigenvalue weighted by atomic mass is 19.1. The van der Waals surface area contributed by atoms with Crippen molar-refractivity contribution < 1.29 is 13.9 Å². The number of nitrogens with zero attached hydrogens (tertiary/aromatic N) is 1. The van der Waals surface area contributed by atoms with E-state index in [1.54, 1.807) is 18.3 Å². The standard InChI is InChI=1S/C19H20FN3O2/c20-13-6-4-12(5-7-13)18(15-3-1-2-10-21-15)23-19(24)22-16-11-14-8-9-17(16)25-14/h1-7,10,14,16-18H,8-9,11H2,(H2,22,23,24)/t14-,16-,17-,18+/m1/s1. The van der Waals surface area contributed by atoms with Crippen molar-refractivity contribution in [1.82, 2.24) is 15.6 Å². The Morgan fingerprint density at radius 3 is 2.68 bits per heavy atom. The van der Waals surface area contributed by atoms with Crippen molar-refractivity contribution in [2.24, 2.45) is 0 Å². The van der Waals surface area contributed by atoms with Crippen LogP contribution < -0.4 is 10.6 Å². The summed E-state index contributed by atoms with van der Waals surface area (Å²) in [6, 6.07) is 11.0. The summed E-state index contributed by atoms with van der Waals surface area (Å²) in [6.07, 6.45) is 5.01. The van der Waals surface area contributed by atoms with Crippen LogP contribution in [0.15, 0.2) is 48.7 Å². The second kappa shape index (κ2) is 6.80. The zero-order valence-corrected chi connectivity index (χ0v) is 13.7. The number of urea groups is 1. The molecule has 5 nitrogen and oxygen atoms in total. The summed E-state index contributed by atoms with van der Waals surface area (Å²) in [5, 5.41) is 5.98. The number of amides is 2. The Morgan fingerprint density at radius 1 is 1.20 bits per heavy atom. The maximum atomic E-state index is 13.2. The van der Waals surface area contributed by atoms with Crippen molar-refractivity contribution >= 4 is 6.03 Å². The third-order valence-electron chi connectivity index (χ3n) is 4.88. The number of carbonyl (C=O) groups excluding carboxylic acids is 1. The number of rotatable bonds is 4. The van der Waals surface area contributed by atoms with Gasteiger partial charge in [-0.25, -0.2) is 9.18 Å². The minimum atomic E-state index is -0.443. The van der Waals surface area contributed by atoms with E-state index >= 15 is 0 Å². The van der Waals surface area contributed by atoms with E-state index in [0.717, 1.165) is 24.8 Å². The molecule has 25 heavy (non-hydrogen) atoms. The molecule has 2 N–H and O–H groups in total. The highest BCUT2D eigenvalue weighted by Crippen LogP contribution is 2.34. The minimum Gasteiger partial charge on any atom is -0.373 e. The molecule has 2 bridgehead atoms. The number of fused-ring (bicyclic) bond motifs is 2. The quantitative estimate of drug-likeness (QED) is 0.899. The van der Waals surface area contributed by atoms with Crippen LogP contribution in [0.4, 0.5) is 9.18 Å². The first-order valence-electron chi connectivity index (χ1n) is 8.58. The van der Waals surface area contributed by atoms with E-state index in [9.17, 15) is 9.18 Å². The van der Waals surface area contributed by atoms with E-state index in [1.807, 2.05) is 18.2 Å². The second-order valence-electron chi connectivity index (χ2n) is 6.57. The maximum absolute atomic E-state index is 13.2. The summed E-state index contributed by atoms with van der Waals surface area (Å²) in [7, 11) is 0. The second-order valence-corrected chi connectivity index (χ2v) is 6.57. The Kier molecular flexibility index (Phi) is 4.36. The molecule has 0 unspecified atom stereocenters. The first-order chi connectivity index (χ1) is 12.2. The van der Waals surface area contributed by atoms with E-state index in [2.05, 4.69) is 15.6 Å². The predicted molar refractivity (Wildman–Crippen MR) is 90.4 cm³/mol. The molecule has 2 aliphatic rings. The largest absolute Gasteiger partial charge is 0.373 e. The van der Waals surface area contributed by atoms with Gasteiger partial charge in [0.25, 0.3) is 0 Å². The van der Waals surface area contributed by atoms with Crippen molar-refractivity contribution in [1.29, 1.82) is 0 Å². The fourth-order valence-corrected chi connectivity index (χ4v) is 3.66. The van der Waals surface area contributed by atoms with Crippen LogP contribution >= 0.6 is 0 Å². The number of hydrogen-bond acceptors (Lipinski definition) is 3. The number of aromatic nitrogens is 1. The van der Waals surface area contributed by atoms with E-state index in [1.165, 1.54) is 12.1 Å². The molecule has 2 saturated heterocycles. The molecule has 4 rings (SSSR count). The zero-order valence-electron chi connectivity index (χ0n) is 13.7. The van der Waals surface area contributed by atoms with Gasteiger partial charge in [-0.05, 0) is 49.1 Å². The summed E-state index contributed by atoms with van der Waals surface area (Å²) in [6.45, 7) is 0. The lowest BCUT2D eigenvalue weighted by atomic mass is 9.96. The van der Waals surface area contributed by atoms with Gasteiger partial charge >= 0.3 is 6.03 Å². The molecule has 1 aromatic carbocycles. The summed E-state index contributed by atoms with van der Waals surface area (Å²) in [5.41, 5.74) is 1.48. The fraction of sp³-hybridized carbons (Fsp3) is 0.368. The van der Waals surface area contributed by atoms with Gasteiger partial charge < -0.3 is 15.4 Å². The molecule has 0 spiro atoms. The summed E-state index contributed by atoms with van der Waals surface area (Å²) >= 11 is 0. The molecular weight excluding hydrogens is 321 g/mol. The zero-order chi connectivity index (χ0) is 17.2. The smallest absolute Gasteiger partial charge is 0.315 e. The molecule has 2 fully saturated rings. The molecule has 2 aromatic rings. The average molecular weight is 341 g/mol. The molecule has 1 aromatic heterocycles. The fourth-order valence-electron chi connectivity index (χ4n) is 3.66. The highest BCUT2D eigenvalue weighted by molar-refractivity contribution is 5.75. The molecule has 3 heterocycles. The lowest BCUT2D eigenvalue weighted by Crippen LogP contribution is -2.47. The van der Waals surface area contributed by atoms with E-state index in [4.69, 9.17) is 4.74 Å². The molecule has 0 saturated carbocycles. The molecule has 130 valence electrons. The Labute approximate surface area is 145 Å².